The fourth-order valence-electron chi connectivity index (χ4n) is 0.578. The Balaban J connectivity index is 2.97. The first-order chi connectivity index (χ1) is 4.81. The van der Waals surface area contributed by atoms with Crippen molar-refractivity contribution in [3.8, 4) is 0 Å². The molecule has 0 fully saturated rings. The van der Waals surface area contributed by atoms with Gasteiger partial charge in [0.25, 0.3) is 0 Å². The van der Waals surface area contributed by atoms with Gasteiger partial charge in [-0.25, -0.2) is 0 Å². The van der Waals surface area contributed by atoms with Gasteiger partial charge in [0.15, 0.2) is 0 Å². The molecule has 0 aliphatic carbocycles. The molecule has 0 aromatic heterocycles. The van der Waals surface area contributed by atoms with Gasteiger partial charge in [-0.2, -0.15) is 0 Å². The van der Waals surface area contributed by atoms with Gasteiger partial charge in [-0.15, -0.1) is 0 Å². The first kappa shape index (κ1) is 9.84. The van der Waals surface area contributed by atoms with Crippen LogP contribution in [0.2, 0.25) is 0 Å². The lowest BCUT2D eigenvalue weighted by Crippen LogP contribution is -2.21. The van der Waals surface area contributed by atoms with E-state index in [9.17, 15) is 0 Å². The van der Waals surface area contributed by atoms with Crippen LogP contribution < -0.4 is 11.5 Å². The number of hydrogen-bond donors (Lipinski definition) is 3. The highest BCUT2D eigenvalue weighted by Gasteiger charge is 2.00. The van der Waals surface area contributed by atoms with Crippen LogP contribution >= 0.6 is 0 Å². The quantitative estimate of drug-likeness (QED) is 0.408. The van der Waals surface area contributed by atoms with Crippen LogP contribution in [0.15, 0.2) is 0 Å². The summed E-state index contributed by atoms with van der Waals surface area (Å²) in [6.45, 7) is 1.83. The predicted molar refractivity (Wildman–Crippen MR) is 39.6 cm³/mol. The number of aliphatic hydroxyl groups excluding tert-OH is 1. The standard InChI is InChI=1S/C6H16N2O2/c7-2-1-6(9)5-10-4-3-8/h6,9H,1-5,7-8H2. The van der Waals surface area contributed by atoms with E-state index in [0.717, 1.165) is 0 Å². The van der Waals surface area contributed by atoms with Crippen LogP contribution in [0.5, 0.6) is 0 Å². The van der Waals surface area contributed by atoms with Gasteiger partial charge in [0, 0.05) is 6.54 Å². The topological polar surface area (TPSA) is 81.5 Å². The molecule has 10 heavy (non-hydrogen) atoms. The van der Waals surface area contributed by atoms with E-state index < -0.39 is 6.10 Å². The van der Waals surface area contributed by atoms with Gasteiger partial charge < -0.3 is 21.3 Å². The molecule has 0 aliphatic heterocycles. The highest BCUT2D eigenvalue weighted by molar-refractivity contribution is 4.53. The van der Waals surface area contributed by atoms with Crippen molar-refractivity contribution in [2.24, 2.45) is 11.5 Å². The maximum atomic E-state index is 9.03. The number of aliphatic hydroxyl groups is 1. The highest BCUT2D eigenvalue weighted by atomic mass is 16.5. The van der Waals surface area contributed by atoms with Crippen LogP contribution in [-0.2, 0) is 4.74 Å². The zero-order chi connectivity index (χ0) is 7.82. The fourth-order valence-corrected chi connectivity index (χ4v) is 0.578. The second-order valence-corrected chi connectivity index (χ2v) is 2.09. The maximum Gasteiger partial charge on any atom is 0.0785 e. The van der Waals surface area contributed by atoms with Gasteiger partial charge in [-0.3, -0.25) is 0 Å². The van der Waals surface area contributed by atoms with Crippen molar-refractivity contribution >= 4 is 0 Å². The Morgan fingerprint density at radius 1 is 1.30 bits per heavy atom. The van der Waals surface area contributed by atoms with Gasteiger partial charge in [-0.05, 0) is 13.0 Å². The minimum absolute atomic E-state index is 0.342. The molecule has 0 radical (unpaired) electrons. The van der Waals surface area contributed by atoms with Crippen LogP contribution in [0.3, 0.4) is 0 Å². The van der Waals surface area contributed by atoms with E-state index in [1.807, 2.05) is 0 Å². The average Bonchev–Trinajstić information content (AvgIpc) is 1.89. The molecule has 62 valence electrons. The molecule has 0 aromatic carbocycles. The SMILES string of the molecule is NCCOCC(O)CCN. The lowest BCUT2D eigenvalue weighted by Gasteiger charge is -2.08. The first-order valence-corrected chi connectivity index (χ1v) is 3.47. The summed E-state index contributed by atoms with van der Waals surface area (Å²) in [5.41, 5.74) is 10.4. The molecule has 5 N–H and O–H groups in total. The summed E-state index contributed by atoms with van der Waals surface area (Å²) in [7, 11) is 0. The Hall–Kier alpha value is -0.160. The van der Waals surface area contributed by atoms with E-state index in [1.54, 1.807) is 0 Å². The molecule has 0 saturated heterocycles. The van der Waals surface area contributed by atoms with Crippen molar-refractivity contribution in [3.05, 3.63) is 0 Å². The largest absolute Gasteiger partial charge is 0.391 e. The van der Waals surface area contributed by atoms with Crippen LogP contribution in [0.25, 0.3) is 0 Å². The van der Waals surface area contributed by atoms with Crippen LogP contribution in [0.4, 0.5) is 0 Å². The molecule has 0 bridgehead atoms. The molecule has 4 heteroatoms. The Morgan fingerprint density at radius 3 is 2.50 bits per heavy atom. The second-order valence-electron chi connectivity index (χ2n) is 2.09. The number of rotatable bonds is 6. The minimum atomic E-state index is -0.434. The van der Waals surface area contributed by atoms with E-state index in [1.165, 1.54) is 0 Å². The van der Waals surface area contributed by atoms with Crippen molar-refractivity contribution in [1.29, 1.82) is 0 Å². The summed E-state index contributed by atoms with van der Waals surface area (Å²) in [5.74, 6) is 0. The molecule has 0 amide bonds. The van der Waals surface area contributed by atoms with Gasteiger partial charge in [-0.1, -0.05) is 0 Å². The van der Waals surface area contributed by atoms with Gasteiger partial charge in [0.05, 0.1) is 19.3 Å². The summed E-state index contributed by atoms with van der Waals surface area (Å²) in [6.07, 6.45) is 0.154. The summed E-state index contributed by atoms with van der Waals surface area (Å²) in [6, 6.07) is 0. The highest BCUT2D eigenvalue weighted by Crippen LogP contribution is 1.89. The molecule has 1 atom stereocenters. The van der Waals surface area contributed by atoms with Gasteiger partial charge >= 0.3 is 0 Å². The molecule has 1 unspecified atom stereocenters. The minimum Gasteiger partial charge on any atom is -0.391 e. The van der Waals surface area contributed by atoms with E-state index in [-0.39, 0.29) is 0 Å². The van der Waals surface area contributed by atoms with E-state index in [4.69, 9.17) is 21.3 Å². The van der Waals surface area contributed by atoms with Gasteiger partial charge in [0.1, 0.15) is 0 Å². The molecule has 4 nitrogen and oxygen atoms in total. The summed E-state index contributed by atoms with van der Waals surface area (Å²) in [5, 5.41) is 9.03. The summed E-state index contributed by atoms with van der Waals surface area (Å²) < 4.78 is 4.97. The Bertz CT molecular complexity index is 70.8. The number of nitrogens with two attached hydrogens (primary N) is 2. The second kappa shape index (κ2) is 6.95. The van der Waals surface area contributed by atoms with E-state index in [2.05, 4.69) is 0 Å². The van der Waals surface area contributed by atoms with E-state index >= 15 is 0 Å². The van der Waals surface area contributed by atoms with Crippen molar-refractivity contribution < 1.29 is 9.84 Å². The smallest absolute Gasteiger partial charge is 0.0785 e. The molecule has 0 saturated carbocycles. The summed E-state index contributed by atoms with van der Waals surface area (Å²) in [4.78, 5) is 0. The lowest BCUT2D eigenvalue weighted by atomic mass is 10.3. The molecular formula is C6H16N2O2. The molecule has 0 aliphatic rings. The fraction of sp³-hybridized carbons (Fsp3) is 1.00. The first-order valence-electron chi connectivity index (χ1n) is 3.47. The molecule has 0 aromatic rings. The Morgan fingerprint density at radius 2 is 2.00 bits per heavy atom. The molecular weight excluding hydrogens is 132 g/mol. The normalized spacial score (nSPS) is 13.5. The lowest BCUT2D eigenvalue weighted by molar-refractivity contribution is 0.0372. The Kier molecular flexibility index (Phi) is 6.84. The molecule has 0 heterocycles. The zero-order valence-corrected chi connectivity index (χ0v) is 6.12. The van der Waals surface area contributed by atoms with Crippen molar-refractivity contribution in [3.63, 3.8) is 0 Å². The van der Waals surface area contributed by atoms with Crippen LogP contribution in [-0.4, -0.2) is 37.5 Å². The predicted octanol–water partition coefficient (Wildman–Crippen LogP) is -1.33. The summed E-state index contributed by atoms with van der Waals surface area (Å²) >= 11 is 0. The van der Waals surface area contributed by atoms with Crippen molar-refractivity contribution in [2.75, 3.05) is 26.3 Å². The molecule has 0 rings (SSSR count). The van der Waals surface area contributed by atoms with Gasteiger partial charge in [0.2, 0.25) is 0 Å². The van der Waals surface area contributed by atoms with Crippen LogP contribution in [0.1, 0.15) is 6.42 Å². The average molecular weight is 148 g/mol. The van der Waals surface area contributed by atoms with Crippen LogP contribution in [0, 0.1) is 0 Å². The molecule has 0 spiro atoms. The zero-order valence-electron chi connectivity index (χ0n) is 6.12. The van der Waals surface area contributed by atoms with Crippen molar-refractivity contribution in [2.45, 2.75) is 12.5 Å². The third-order valence-electron chi connectivity index (χ3n) is 1.07. The maximum absolute atomic E-state index is 9.03. The van der Waals surface area contributed by atoms with E-state index in [0.29, 0.717) is 32.7 Å². The Labute approximate surface area is 61.2 Å². The van der Waals surface area contributed by atoms with Crippen molar-refractivity contribution in [1.82, 2.24) is 0 Å². The monoisotopic (exact) mass is 148 g/mol. The third-order valence-corrected chi connectivity index (χ3v) is 1.07. The third kappa shape index (κ3) is 5.97. The number of hydrogen-bond acceptors (Lipinski definition) is 4. The number of ether oxygens (including phenoxy) is 1.